The Morgan fingerprint density at radius 1 is 1.08 bits per heavy atom. The standard InChI is InChI=1S/C20H15ClN2O2S/c21-16-5-2-1-4-15(16)19(24)22-14-7-8-17-13(12-14)9-10-23(17)20(25)18-6-3-11-26-18/h1-8,11-12H,9-10H2,(H,22,24). The number of nitrogens with zero attached hydrogens (tertiary/aromatic N) is 1. The van der Waals surface area contributed by atoms with Crippen molar-refractivity contribution in [2.45, 2.75) is 6.42 Å². The molecule has 0 radical (unpaired) electrons. The van der Waals surface area contributed by atoms with Gasteiger partial charge in [-0.25, -0.2) is 0 Å². The van der Waals surface area contributed by atoms with E-state index in [0.717, 1.165) is 22.5 Å². The highest BCUT2D eigenvalue weighted by atomic mass is 35.5. The highest BCUT2D eigenvalue weighted by Gasteiger charge is 2.26. The van der Waals surface area contributed by atoms with Crippen LogP contribution in [0.2, 0.25) is 5.02 Å². The lowest BCUT2D eigenvalue weighted by atomic mass is 10.1. The van der Waals surface area contributed by atoms with E-state index in [9.17, 15) is 9.59 Å². The molecule has 1 N–H and O–H groups in total. The zero-order valence-corrected chi connectivity index (χ0v) is 15.3. The molecule has 3 aromatic rings. The molecule has 1 aromatic heterocycles. The van der Waals surface area contributed by atoms with E-state index >= 15 is 0 Å². The van der Waals surface area contributed by atoms with Gasteiger partial charge >= 0.3 is 0 Å². The van der Waals surface area contributed by atoms with Crippen LogP contribution in [-0.4, -0.2) is 18.4 Å². The summed E-state index contributed by atoms with van der Waals surface area (Å²) in [5, 5.41) is 5.19. The van der Waals surface area contributed by atoms with E-state index in [1.165, 1.54) is 11.3 Å². The van der Waals surface area contributed by atoms with Gasteiger partial charge in [0.1, 0.15) is 0 Å². The van der Waals surface area contributed by atoms with Crippen LogP contribution in [0.15, 0.2) is 60.0 Å². The molecule has 0 unspecified atom stereocenters. The Hall–Kier alpha value is -2.63. The summed E-state index contributed by atoms with van der Waals surface area (Å²) in [5.74, 6) is -0.230. The zero-order chi connectivity index (χ0) is 18.1. The second kappa shape index (κ2) is 6.94. The molecule has 2 amide bonds. The van der Waals surface area contributed by atoms with Crippen molar-refractivity contribution in [3.8, 4) is 0 Å². The minimum atomic E-state index is -0.250. The molecule has 1 aliphatic heterocycles. The second-order valence-electron chi connectivity index (χ2n) is 5.96. The molecule has 0 spiro atoms. The molecule has 0 atom stereocenters. The molecule has 0 aliphatic carbocycles. The van der Waals surface area contributed by atoms with Gasteiger partial charge in [0.15, 0.2) is 0 Å². The fourth-order valence-corrected chi connectivity index (χ4v) is 3.96. The summed E-state index contributed by atoms with van der Waals surface area (Å²) < 4.78 is 0. The molecule has 4 nitrogen and oxygen atoms in total. The third-order valence-corrected chi connectivity index (χ3v) is 5.52. The van der Waals surface area contributed by atoms with Gasteiger partial charge in [-0.1, -0.05) is 29.8 Å². The largest absolute Gasteiger partial charge is 0.322 e. The van der Waals surface area contributed by atoms with E-state index in [-0.39, 0.29) is 11.8 Å². The maximum atomic E-state index is 12.6. The number of thiophene rings is 1. The Morgan fingerprint density at radius 3 is 2.69 bits per heavy atom. The van der Waals surface area contributed by atoms with Gasteiger partial charge in [-0.15, -0.1) is 11.3 Å². The number of fused-ring (bicyclic) bond motifs is 1. The molecule has 0 fully saturated rings. The van der Waals surface area contributed by atoms with Crippen molar-refractivity contribution in [2.24, 2.45) is 0 Å². The van der Waals surface area contributed by atoms with E-state index in [4.69, 9.17) is 11.6 Å². The summed E-state index contributed by atoms with van der Waals surface area (Å²) in [6, 6.07) is 16.3. The van der Waals surface area contributed by atoms with Crippen LogP contribution in [0.4, 0.5) is 11.4 Å². The Bertz CT molecular complexity index is 985. The average Bonchev–Trinajstić information content (AvgIpc) is 3.31. The van der Waals surface area contributed by atoms with Crippen molar-refractivity contribution in [2.75, 3.05) is 16.8 Å². The van der Waals surface area contributed by atoms with E-state index in [0.29, 0.717) is 22.8 Å². The highest BCUT2D eigenvalue weighted by Crippen LogP contribution is 2.32. The third kappa shape index (κ3) is 3.11. The fourth-order valence-electron chi connectivity index (χ4n) is 3.07. The molecule has 0 saturated heterocycles. The Balaban J connectivity index is 1.54. The smallest absolute Gasteiger partial charge is 0.268 e. The molecule has 2 heterocycles. The fraction of sp³-hybridized carbons (Fsp3) is 0.100. The monoisotopic (exact) mass is 382 g/mol. The number of rotatable bonds is 3. The first kappa shape index (κ1) is 16.8. The van der Waals surface area contributed by atoms with Crippen LogP contribution in [0, 0.1) is 0 Å². The number of anilines is 2. The van der Waals surface area contributed by atoms with Gasteiger partial charge in [-0.05, 0) is 53.8 Å². The molecule has 0 saturated carbocycles. The van der Waals surface area contributed by atoms with Gasteiger partial charge in [0.05, 0.1) is 15.5 Å². The summed E-state index contributed by atoms with van der Waals surface area (Å²) in [6.07, 6.45) is 0.766. The first-order valence-electron chi connectivity index (χ1n) is 8.17. The van der Waals surface area contributed by atoms with Crippen molar-refractivity contribution in [3.05, 3.63) is 81.0 Å². The minimum absolute atomic E-state index is 0.0200. The lowest BCUT2D eigenvalue weighted by molar-refractivity contribution is 0.0991. The third-order valence-electron chi connectivity index (χ3n) is 4.33. The SMILES string of the molecule is O=C(Nc1ccc2c(c1)CCN2C(=O)c1cccs1)c1ccccc1Cl. The summed E-state index contributed by atoms with van der Waals surface area (Å²) in [6.45, 7) is 0.647. The number of halogens is 1. The molecule has 6 heteroatoms. The first-order chi connectivity index (χ1) is 12.6. The summed E-state index contributed by atoms with van der Waals surface area (Å²) in [7, 11) is 0. The topological polar surface area (TPSA) is 49.4 Å². The van der Waals surface area contributed by atoms with Gasteiger partial charge in [0, 0.05) is 17.9 Å². The Kier molecular flexibility index (Phi) is 4.49. The van der Waals surface area contributed by atoms with Crippen LogP contribution < -0.4 is 10.2 Å². The van der Waals surface area contributed by atoms with Crippen molar-refractivity contribution >= 4 is 46.1 Å². The number of hydrogen-bond acceptors (Lipinski definition) is 3. The van der Waals surface area contributed by atoms with Gasteiger partial charge in [0.2, 0.25) is 0 Å². The van der Waals surface area contributed by atoms with Gasteiger partial charge < -0.3 is 10.2 Å². The summed E-state index contributed by atoms with van der Waals surface area (Å²) in [4.78, 5) is 27.5. The highest BCUT2D eigenvalue weighted by molar-refractivity contribution is 7.12. The van der Waals surface area contributed by atoms with E-state index < -0.39 is 0 Å². The van der Waals surface area contributed by atoms with Crippen molar-refractivity contribution in [1.29, 1.82) is 0 Å². The zero-order valence-electron chi connectivity index (χ0n) is 13.7. The van der Waals surface area contributed by atoms with Gasteiger partial charge in [-0.2, -0.15) is 0 Å². The summed E-state index contributed by atoms with van der Waals surface area (Å²) >= 11 is 7.52. The van der Waals surface area contributed by atoms with E-state index in [1.807, 2.05) is 35.7 Å². The van der Waals surface area contributed by atoms with Crippen LogP contribution in [-0.2, 0) is 6.42 Å². The predicted octanol–water partition coefficient (Wildman–Crippen LogP) is 4.86. The lowest BCUT2D eigenvalue weighted by Crippen LogP contribution is -2.28. The molecule has 4 rings (SSSR count). The van der Waals surface area contributed by atoms with Gasteiger partial charge in [-0.3, -0.25) is 9.59 Å². The van der Waals surface area contributed by atoms with Crippen LogP contribution in [0.3, 0.4) is 0 Å². The number of benzene rings is 2. The Morgan fingerprint density at radius 2 is 1.92 bits per heavy atom. The number of carbonyl (C=O) groups is 2. The minimum Gasteiger partial charge on any atom is -0.322 e. The molecule has 2 aromatic carbocycles. The number of carbonyl (C=O) groups excluding carboxylic acids is 2. The van der Waals surface area contributed by atoms with Crippen molar-refractivity contribution < 1.29 is 9.59 Å². The van der Waals surface area contributed by atoms with Crippen molar-refractivity contribution in [1.82, 2.24) is 0 Å². The predicted molar refractivity (Wildman–Crippen MR) is 106 cm³/mol. The molecular formula is C20H15ClN2O2S. The molecule has 26 heavy (non-hydrogen) atoms. The van der Waals surface area contributed by atoms with E-state index in [1.54, 1.807) is 29.2 Å². The summed E-state index contributed by atoms with van der Waals surface area (Å²) in [5.41, 5.74) is 3.08. The first-order valence-corrected chi connectivity index (χ1v) is 9.43. The number of amides is 2. The molecular weight excluding hydrogens is 368 g/mol. The maximum Gasteiger partial charge on any atom is 0.268 e. The van der Waals surface area contributed by atoms with Crippen LogP contribution in [0.25, 0.3) is 0 Å². The average molecular weight is 383 g/mol. The normalized spacial score (nSPS) is 12.7. The molecule has 1 aliphatic rings. The molecule has 0 bridgehead atoms. The van der Waals surface area contributed by atoms with Gasteiger partial charge in [0.25, 0.3) is 11.8 Å². The van der Waals surface area contributed by atoms with Crippen molar-refractivity contribution in [3.63, 3.8) is 0 Å². The lowest BCUT2D eigenvalue weighted by Gasteiger charge is -2.16. The van der Waals surface area contributed by atoms with E-state index in [2.05, 4.69) is 5.32 Å². The van der Waals surface area contributed by atoms with Crippen LogP contribution in [0.5, 0.6) is 0 Å². The Labute approximate surface area is 160 Å². The number of nitrogens with one attached hydrogen (secondary N) is 1. The quantitative estimate of drug-likeness (QED) is 0.703. The number of hydrogen-bond donors (Lipinski definition) is 1. The van der Waals surface area contributed by atoms with Crippen LogP contribution >= 0.6 is 22.9 Å². The maximum absolute atomic E-state index is 12.6. The second-order valence-corrected chi connectivity index (χ2v) is 7.32. The molecule has 130 valence electrons. The van der Waals surface area contributed by atoms with Crippen LogP contribution in [0.1, 0.15) is 25.6 Å².